The summed E-state index contributed by atoms with van der Waals surface area (Å²) >= 11 is 0. The number of piperidine rings is 1. The first-order valence-electron chi connectivity index (χ1n) is 10.1. The van der Waals surface area contributed by atoms with E-state index in [4.69, 9.17) is 0 Å². The van der Waals surface area contributed by atoms with Crippen LogP contribution in [0.3, 0.4) is 0 Å². The van der Waals surface area contributed by atoms with Gasteiger partial charge in [-0.25, -0.2) is 0 Å². The number of hydrogen-bond donors (Lipinski definition) is 1. The highest BCUT2D eigenvalue weighted by Gasteiger charge is 2.24. The van der Waals surface area contributed by atoms with Crippen LogP contribution in [0.1, 0.15) is 28.8 Å². The highest BCUT2D eigenvalue weighted by Crippen LogP contribution is 2.20. The van der Waals surface area contributed by atoms with Crippen molar-refractivity contribution in [1.82, 2.24) is 15.2 Å². The average Bonchev–Trinajstić information content (AvgIpc) is 2.78. The topological polar surface area (TPSA) is 62.3 Å². The van der Waals surface area contributed by atoms with Crippen molar-refractivity contribution in [3.63, 3.8) is 0 Å². The smallest absolute Gasteiger partial charge is 0.255 e. The van der Waals surface area contributed by atoms with Crippen LogP contribution in [0.2, 0.25) is 0 Å². The van der Waals surface area contributed by atoms with Crippen LogP contribution >= 0.6 is 0 Å². The second-order valence-electron chi connectivity index (χ2n) is 7.60. The summed E-state index contributed by atoms with van der Waals surface area (Å²) in [6, 6.07) is 17.8. The molecular weight excluding hydrogens is 362 g/mol. The van der Waals surface area contributed by atoms with E-state index < -0.39 is 0 Å². The molecule has 0 aliphatic carbocycles. The Hall–Kier alpha value is -3.21. The fourth-order valence-electron chi connectivity index (χ4n) is 3.95. The minimum absolute atomic E-state index is 0.0385. The van der Waals surface area contributed by atoms with E-state index in [0.717, 1.165) is 42.3 Å². The molecule has 0 spiro atoms. The summed E-state index contributed by atoms with van der Waals surface area (Å²) in [7, 11) is 0. The number of hydrogen-bond acceptors (Lipinski definition) is 3. The van der Waals surface area contributed by atoms with Crippen molar-refractivity contribution in [3.8, 4) is 0 Å². The number of fused-ring (bicyclic) bond motifs is 1. The first-order chi connectivity index (χ1) is 14.2. The second kappa shape index (κ2) is 8.86. The molecule has 0 bridgehead atoms. The number of benzene rings is 2. The number of nitrogens with one attached hydrogen (secondary N) is 1. The van der Waals surface area contributed by atoms with Crippen LogP contribution in [-0.4, -0.2) is 41.3 Å². The Morgan fingerprint density at radius 3 is 2.59 bits per heavy atom. The normalized spacial score (nSPS) is 14.7. The number of nitrogens with zero attached hydrogens (tertiary/aromatic N) is 2. The molecule has 1 fully saturated rings. The van der Waals surface area contributed by atoms with E-state index in [-0.39, 0.29) is 11.8 Å². The summed E-state index contributed by atoms with van der Waals surface area (Å²) in [4.78, 5) is 30.9. The lowest BCUT2D eigenvalue weighted by Crippen LogP contribution is -2.41. The zero-order valence-corrected chi connectivity index (χ0v) is 16.4. The Morgan fingerprint density at radius 1 is 1.00 bits per heavy atom. The van der Waals surface area contributed by atoms with Crippen LogP contribution < -0.4 is 5.32 Å². The van der Waals surface area contributed by atoms with Crippen LogP contribution in [0.25, 0.3) is 10.8 Å². The number of amides is 2. The fraction of sp³-hybridized carbons (Fsp3) is 0.292. The molecule has 1 aliphatic rings. The Labute approximate surface area is 170 Å². The van der Waals surface area contributed by atoms with Gasteiger partial charge < -0.3 is 10.2 Å². The minimum atomic E-state index is 0.0385. The van der Waals surface area contributed by atoms with Crippen molar-refractivity contribution in [2.45, 2.75) is 19.3 Å². The monoisotopic (exact) mass is 387 g/mol. The van der Waals surface area contributed by atoms with Gasteiger partial charge in [0, 0.05) is 32.0 Å². The molecule has 1 saturated heterocycles. The molecule has 4 rings (SSSR count). The van der Waals surface area contributed by atoms with Gasteiger partial charge in [-0.3, -0.25) is 14.6 Å². The zero-order chi connectivity index (χ0) is 20.1. The lowest BCUT2D eigenvalue weighted by Gasteiger charge is -2.32. The highest BCUT2D eigenvalue weighted by molar-refractivity contribution is 5.94. The van der Waals surface area contributed by atoms with Crippen LogP contribution in [0.4, 0.5) is 0 Å². The molecule has 1 aromatic heterocycles. The molecule has 0 atom stereocenters. The molecule has 2 heterocycles. The van der Waals surface area contributed by atoms with Gasteiger partial charge in [-0.05, 0) is 47.2 Å². The maximum Gasteiger partial charge on any atom is 0.255 e. The molecule has 1 aliphatic heterocycles. The summed E-state index contributed by atoms with van der Waals surface area (Å²) in [5.74, 6) is 0.496. The number of carbonyl (C=O) groups is 2. The second-order valence-corrected chi connectivity index (χ2v) is 7.60. The third-order valence-corrected chi connectivity index (χ3v) is 5.63. The Balaban J connectivity index is 1.26. The Morgan fingerprint density at radius 2 is 1.79 bits per heavy atom. The standard InChI is InChI=1S/C24H25N3O2/c28-23(15-20-7-3-6-19-5-1-2-9-22(19)20)26-16-18-10-13-27(14-11-18)24(29)21-8-4-12-25-17-21/h1-9,12,17-18H,10-11,13-16H2,(H,26,28). The lowest BCUT2D eigenvalue weighted by molar-refractivity contribution is -0.120. The Bertz CT molecular complexity index is 990. The third-order valence-electron chi connectivity index (χ3n) is 5.63. The molecule has 0 unspecified atom stereocenters. The van der Waals surface area contributed by atoms with E-state index in [9.17, 15) is 9.59 Å². The number of rotatable bonds is 5. The van der Waals surface area contributed by atoms with Crippen molar-refractivity contribution >= 4 is 22.6 Å². The molecule has 0 radical (unpaired) electrons. The number of pyridine rings is 1. The quantitative estimate of drug-likeness (QED) is 0.729. The Kier molecular flexibility index (Phi) is 5.84. The largest absolute Gasteiger partial charge is 0.356 e. The molecule has 148 valence electrons. The fourth-order valence-corrected chi connectivity index (χ4v) is 3.95. The zero-order valence-electron chi connectivity index (χ0n) is 16.4. The van der Waals surface area contributed by atoms with Gasteiger partial charge in [-0.15, -0.1) is 0 Å². The van der Waals surface area contributed by atoms with Crippen molar-refractivity contribution in [3.05, 3.63) is 78.1 Å². The van der Waals surface area contributed by atoms with Gasteiger partial charge in [0.1, 0.15) is 0 Å². The highest BCUT2D eigenvalue weighted by atomic mass is 16.2. The van der Waals surface area contributed by atoms with E-state index >= 15 is 0 Å². The predicted molar refractivity (Wildman–Crippen MR) is 114 cm³/mol. The van der Waals surface area contributed by atoms with Crippen molar-refractivity contribution < 1.29 is 9.59 Å². The van der Waals surface area contributed by atoms with E-state index in [0.29, 0.717) is 24.4 Å². The molecule has 29 heavy (non-hydrogen) atoms. The van der Waals surface area contributed by atoms with E-state index in [1.165, 1.54) is 0 Å². The van der Waals surface area contributed by atoms with Gasteiger partial charge >= 0.3 is 0 Å². The molecule has 2 aromatic carbocycles. The molecule has 0 saturated carbocycles. The van der Waals surface area contributed by atoms with Crippen molar-refractivity contribution in [2.24, 2.45) is 5.92 Å². The molecule has 1 N–H and O–H groups in total. The van der Waals surface area contributed by atoms with E-state index in [1.54, 1.807) is 24.5 Å². The van der Waals surface area contributed by atoms with Crippen LogP contribution in [0.15, 0.2) is 67.0 Å². The van der Waals surface area contributed by atoms with Gasteiger partial charge in [0.2, 0.25) is 5.91 Å². The van der Waals surface area contributed by atoms with Crippen molar-refractivity contribution in [1.29, 1.82) is 0 Å². The van der Waals surface area contributed by atoms with E-state index in [2.05, 4.69) is 28.5 Å². The van der Waals surface area contributed by atoms with Gasteiger partial charge in [0.25, 0.3) is 5.91 Å². The summed E-state index contributed by atoms with van der Waals surface area (Å²) in [5, 5.41) is 5.38. The SMILES string of the molecule is O=C(Cc1cccc2ccccc12)NCC1CCN(C(=O)c2cccnc2)CC1. The summed E-state index contributed by atoms with van der Waals surface area (Å²) in [5.41, 5.74) is 1.69. The number of likely N-dealkylation sites (tertiary alicyclic amines) is 1. The molecule has 5 heteroatoms. The minimum Gasteiger partial charge on any atom is -0.356 e. The molecule has 5 nitrogen and oxygen atoms in total. The van der Waals surface area contributed by atoms with Crippen molar-refractivity contribution in [2.75, 3.05) is 19.6 Å². The average molecular weight is 387 g/mol. The molecule has 2 amide bonds. The summed E-state index contributed by atoms with van der Waals surface area (Å²) < 4.78 is 0. The summed E-state index contributed by atoms with van der Waals surface area (Å²) in [6.07, 6.45) is 5.48. The summed E-state index contributed by atoms with van der Waals surface area (Å²) in [6.45, 7) is 2.10. The van der Waals surface area contributed by atoms with Crippen LogP contribution in [0.5, 0.6) is 0 Å². The number of carbonyl (C=O) groups excluding carboxylic acids is 2. The van der Waals surface area contributed by atoms with Gasteiger partial charge in [0.05, 0.1) is 12.0 Å². The molecule has 3 aromatic rings. The van der Waals surface area contributed by atoms with Crippen LogP contribution in [-0.2, 0) is 11.2 Å². The van der Waals surface area contributed by atoms with Gasteiger partial charge in [-0.1, -0.05) is 42.5 Å². The predicted octanol–water partition coefficient (Wildman–Crippen LogP) is 3.45. The molecular formula is C24H25N3O2. The van der Waals surface area contributed by atoms with Gasteiger partial charge in [-0.2, -0.15) is 0 Å². The third kappa shape index (κ3) is 4.62. The first-order valence-corrected chi connectivity index (χ1v) is 10.1. The van der Waals surface area contributed by atoms with Gasteiger partial charge in [0.15, 0.2) is 0 Å². The lowest BCUT2D eigenvalue weighted by atomic mass is 9.96. The maximum absolute atomic E-state index is 12.5. The number of aromatic nitrogens is 1. The van der Waals surface area contributed by atoms with E-state index in [1.807, 2.05) is 29.2 Å². The first kappa shape index (κ1) is 19.1. The van der Waals surface area contributed by atoms with Crippen LogP contribution in [0, 0.1) is 5.92 Å². The maximum atomic E-state index is 12.5.